The van der Waals surface area contributed by atoms with Crippen LogP contribution in [-0.4, -0.2) is 47.0 Å². The number of piperidine rings is 1. The number of nitrogens with one attached hydrogen (secondary N) is 2. The second-order valence-electron chi connectivity index (χ2n) is 4.59. The van der Waals surface area contributed by atoms with Gasteiger partial charge in [-0.1, -0.05) is 0 Å². The van der Waals surface area contributed by atoms with Crippen LogP contribution in [-0.2, 0) is 4.79 Å². The van der Waals surface area contributed by atoms with Crippen LogP contribution in [0.25, 0.3) is 0 Å². The molecule has 1 aromatic rings. The molecular weight excluding hydrogens is 232 g/mol. The number of aromatic amines is 1. The maximum Gasteiger partial charge on any atom is 0.271 e. The fourth-order valence-electron chi connectivity index (χ4n) is 2.31. The van der Waals surface area contributed by atoms with Gasteiger partial charge in [-0.05, 0) is 18.9 Å². The molecule has 2 amide bonds. The second kappa shape index (κ2) is 5.20. The Morgan fingerprint density at radius 3 is 3.00 bits per heavy atom. The molecule has 1 saturated heterocycles. The van der Waals surface area contributed by atoms with E-state index >= 15 is 0 Å². The van der Waals surface area contributed by atoms with Crippen LogP contribution in [0.4, 0.5) is 0 Å². The molecule has 1 fully saturated rings. The molecular formula is C12H18N4O2. The summed E-state index contributed by atoms with van der Waals surface area (Å²) in [5, 5.41) is 9.43. The molecule has 0 saturated carbocycles. The van der Waals surface area contributed by atoms with Gasteiger partial charge in [0.15, 0.2) is 0 Å². The minimum absolute atomic E-state index is 0.103. The zero-order chi connectivity index (χ0) is 13.1. The first-order valence-corrected chi connectivity index (χ1v) is 6.14. The van der Waals surface area contributed by atoms with Crippen molar-refractivity contribution in [2.24, 2.45) is 0 Å². The van der Waals surface area contributed by atoms with Crippen LogP contribution in [0.2, 0.25) is 0 Å². The van der Waals surface area contributed by atoms with E-state index in [0.717, 1.165) is 25.1 Å². The van der Waals surface area contributed by atoms with Gasteiger partial charge in [0.05, 0.1) is 0 Å². The minimum Gasteiger partial charge on any atom is -0.354 e. The first-order chi connectivity index (χ1) is 8.61. The van der Waals surface area contributed by atoms with E-state index in [1.54, 1.807) is 20.0 Å². The van der Waals surface area contributed by atoms with Crippen molar-refractivity contribution in [2.75, 3.05) is 20.1 Å². The summed E-state index contributed by atoms with van der Waals surface area (Å²) in [5.41, 5.74) is 1.33. The van der Waals surface area contributed by atoms with E-state index in [1.807, 2.05) is 4.90 Å². The van der Waals surface area contributed by atoms with E-state index in [2.05, 4.69) is 15.5 Å². The third-order valence-electron chi connectivity index (χ3n) is 3.36. The maximum absolute atomic E-state index is 11.4. The fraction of sp³-hybridized carbons (Fsp3) is 0.583. The van der Waals surface area contributed by atoms with Crippen molar-refractivity contribution in [1.29, 1.82) is 0 Å². The van der Waals surface area contributed by atoms with Crippen LogP contribution in [0.5, 0.6) is 0 Å². The van der Waals surface area contributed by atoms with E-state index in [-0.39, 0.29) is 17.7 Å². The van der Waals surface area contributed by atoms with Crippen molar-refractivity contribution >= 4 is 11.8 Å². The van der Waals surface area contributed by atoms with E-state index in [9.17, 15) is 9.59 Å². The highest BCUT2D eigenvalue weighted by Gasteiger charge is 2.24. The molecule has 6 nitrogen and oxygen atoms in total. The summed E-state index contributed by atoms with van der Waals surface area (Å²) in [6.45, 7) is 3.11. The molecule has 18 heavy (non-hydrogen) atoms. The molecule has 1 aromatic heterocycles. The lowest BCUT2D eigenvalue weighted by molar-refractivity contribution is -0.130. The van der Waals surface area contributed by atoms with E-state index in [0.29, 0.717) is 12.2 Å². The molecule has 1 aliphatic rings. The summed E-state index contributed by atoms with van der Waals surface area (Å²) < 4.78 is 0. The standard InChI is InChI=1S/C12H18N4O2/c1-8(17)16-5-3-4-9(7-16)10-6-11(15-14-10)12(18)13-2/h6,9H,3-5,7H2,1-2H3,(H,13,18)(H,14,15)/t9-/m1/s1. The molecule has 2 heterocycles. The number of nitrogens with zero attached hydrogens (tertiary/aromatic N) is 2. The van der Waals surface area contributed by atoms with Crippen molar-refractivity contribution in [3.8, 4) is 0 Å². The van der Waals surface area contributed by atoms with Gasteiger partial charge in [0.1, 0.15) is 5.69 Å². The summed E-state index contributed by atoms with van der Waals surface area (Å²) in [5.74, 6) is 0.149. The molecule has 0 aliphatic carbocycles. The number of hydrogen-bond acceptors (Lipinski definition) is 3. The Hall–Kier alpha value is -1.85. The fourth-order valence-corrected chi connectivity index (χ4v) is 2.31. The Morgan fingerprint density at radius 2 is 2.33 bits per heavy atom. The third kappa shape index (κ3) is 2.52. The highest BCUT2D eigenvalue weighted by atomic mass is 16.2. The summed E-state index contributed by atoms with van der Waals surface area (Å²) in [4.78, 5) is 24.6. The van der Waals surface area contributed by atoms with Crippen LogP contribution < -0.4 is 5.32 Å². The van der Waals surface area contributed by atoms with Gasteiger partial charge in [-0.15, -0.1) is 0 Å². The first kappa shape index (κ1) is 12.6. The van der Waals surface area contributed by atoms with Gasteiger partial charge < -0.3 is 10.2 Å². The summed E-state index contributed by atoms with van der Waals surface area (Å²) in [7, 11) is 1.58. The number of aromatic nitrogens is 2. The number of amides is 2. The molecule has 0 spiro atoms. The Labute approximate surface area is 106 Å². The second-order valence-corrected chi connectivity index (χ2v) is 4.59. The zero-order valence-electron chi connectivity index (χ0n) is 10.7. The first-order valence-electron chi connectivity index (χ1n) is 6.14. The topological polar surface area (TPSA) is 78.1 Å². The normalized spacial score (nSPS) is 19.7. The van der Waals surface area contributed by atoms with Crippen molar-refractivity contribution in [3.05, 3.63) is 17.5 Å². The molecule has 0 bridgehead atoms. The Balaban J connectivity index is 2.09. The van der Waals surface area contributed by atoms with Gasteiger partial charge in [0, 0.05) is 38.7 Å². The van der Waals surface area contributed by atoms with Gasteiger partial charge in [0.2, 0.25) is 5.91 Å². The molecule has 1 atom stereocenters. The number of H-pyrrole nitrogens is 1. The van der Waals surface area contributed by atoms with Crippen LogP contribution in [0.3, 0.4) is 0 Å². The SMILES string of the molecule is CNC(=O)c1cc([C@@H]2CCCN(C(C)=O)C2)[nH]n1. The van der Waals surface area contributed by atoms with Crippen molar-refractivity contribution in [2.45, 2.75) is 25.7 Å². The molecule has 6 heteroatoms. The highest BCUT2D eigenvalue weighted by molar-refractivity contribution is 5.92. The smallest absolute Gasteiger partial charge is 0.271 e. The molecule has 1 aliphatic heterocycles. The third-order valence-corrected chi connectivity index (χ3v) is 3.36. The molecule has 2 N–H and O–H groups in total. The largest absolute Gasteiger partial charge is 0.354 e. The van der Waals surface area contributed by atoms with E-state index < -0.39 is 0 Å². The number of rotatable bonds is 2. The van der Waals surface area contributed by atoms with Crippen LogP contribution in [0.15, 0.2) is 6.07 Å². The molecule has 98 valence electrons. The number of carbonyl (C=O) groups excluding carboxylic acids is 2. The van der Waals surface area contributed by atoms with Gasteiger partial charge in [0.25, 0.3) is 5.91 Å². The monoisotopic (exact) mass is 250 g/mol. The van der Waals surface area contributed by atoms with Crippen LogP contribution >= 0.6 is 0 Å². The predicted octanol–water partition coefficient (Wildman–Crippen LogP) is 0.495. The van der Waals surface area contributed by atoms with Gasteiger partial charge >= 0.3 is 0 Å². The van der Waals surface area contributed by atoms with Gasteiger partial charge in [-0.3, -0.25) is 14.7 Å². The Bertz CT molecular complexity index is 455. The van der Waals surface area contributed by atoms with Crippen molar-refractivity contribution in [1.82, 2.24) is 20.4 Å². The summed E-state index contributed by atoms with van der Waals surface area (Å²) in [6, 6.07) is 1.77. The van der Waals surface area contributed by atoms with Crippen LogP contribution in [0, 0.1) is 0 Å². The lowest BCUT2D eigenvalue weighted by atomic mass is 9.94. The molecule has 0 aromatic carbocycles. The van der Waals surface area contributed by atoms with Crippen molar-refractivity contribution < 1.29 is 9.59 Å². The zero-order valence-corrected chi connectivity index (χ0v) is 10.7. The number of likely N-dealkylation sites (tertiary alicyclic amines) is 1. The van der Waals surface area contributed by atoms with Crippen LogP contribution in [0.1, 0.15) is 41.9 Å². The van der Waals surface area contributed by atoms with Gasteiger partial charge in [-0.25, -0.2) is 0 Å². The highest BCUT2D eigenvalue weighted by Crippen LogP contribution is 2.25. The van der Waals surface area contributed by atoms with Crippen molar-refractivity contribution in [3.63, 3.8) is 0 Å². The average molecular weight is 250 g/mol. The summed E-state index contributed by atoms with van der Waals surface area (Å²) in [6.07, 6.45) is 2.00. The summed E-state index contributed by atoms with van der Waals surface area (Å²) >= 11 is 0. The van der Waals surface area contributed by atoms with Gasteiger partial charge in [-0.2, -0.15) is 5.10 Å². The molecule has 0 radical (unpaired) electrons. The lowest BCUT2D eigenvalue weighted by Crippen LogP contribution is -2.37. The predicted molar refractivity (Wildman–Crippen MR) is 66.2 cm³/mol. The maximum atomic E-state index is 11.4. The quantitative estimate of drug-likeness (QED) is 0.802. The minimum atomic E-state index is -0.197. The average Bonchev–Trinajstić information content (AvgIpc) is 2.87. The Morgan fingerprint density at radius 1 is 1.56 bits per heavy atom. The van der Waals surface area contributed by atoms with E-state index in [4.69, 9.17) is 0 Å². The number of carbonyl (C=O) groups is 2. The van der Waals surface area contributed by atoms with E-state index in [1.165, 1.54) is 0 Å². The number of hydrogen-bond donors (Lipinski definition) is 2. The molecule has 0 unspecified atom stereocenters. The lowest BCUT2D eigenvalue weighted by Gasteiger charge is -2.31. The Kier molecular flexibility index (Phi) is 3.64. The molecule has 2 rings (SSSR count).